The third kappa shape index (κ3) is 8.49. The van der Waals surface area contributed by atoms with E-state index in [2.05, 4.69) is 238 Å². The first-order chi connectivity index (χ1) is 31.9. The van der Waals surface area contributed by atoms with Crippen LogP contribution in [-0.2, 0) is 30.2 Å². The Labute approximate surface area is 396 Å². The number of allylic oxidation sites excluding steroid dienone is 2. The predicted octanol–water partition coefficient (Wildman–Crippen LogP) is 16.8. The van der Waals surface area contributed by atoms with Gasteiger partial charge in [-0.2, -0.15) is 0 Å². The summed E-state index contributed by atoms with van der Waals surface area (Å²) < 4.78 is 6.35. The normalized spacial score (nSPS) is 15.6. The minimum atomic E-state index is -4.36. The molecule has 2 atom stereocenters. The number of hydrogen-bond donors (Lipinski definition) is 0. The van der Waals surface area contributed by atoms with Gasteiger partial charge in [-0.15, -0.1) is 0 Å². The van der Waals surface area contributed by atoms with Crippen molar-refractivity contribution in [2.24, 2.45) is 0 Å². The molecule has 2 aliphatic carbocycles. The van der Waals surface area contributed by atoms with Gasteiger partial charge in [0.1, 0.15) is 0 Å². The number of rotatable bonds is 12. The molecule has 0 aliphatic heterocycles. The van der Waals surface area contributed by atoms with Crippen LogP contribution in [0.25, 0.3) is 56.7 Å². The van der Waals surface area contributed by atoms with E-state index >= 15 is 0 Å². The van der Waals surface area contributed by atoms with Crippen molar-refractivity contribution in [3.8, 4) is 44.5 Å². The van der Waals surface area contributed by atoms with Crippen molar-refractivity contribution in [2.75, 3.05) is 0 Å². The van der Waals surface area contributed by atoms with Crippen LogP contribution in [-0.4, -0.2) is 6.88 Å². The monoisotopic (exact) mass is 948 g/mol. The molecule has 0 aromatic heterocycles. The first-order valence-corrected chi connectivity index (χ1v) is 37.8. The van der Waals surface area contributed by atoms with Crippen LogP contribution >= 0.6 is 0 Å². The Morgan fingerprint density at radius 2 is 0.636 bits per heavy atom. The van der Waals surface area contributed by atoms with E-state index in [0.29, 0.717) is 7.25 Å². The number of benzene rings is 8. The number of hydrogen-bond acceptors (Lipinski definition) is 0. The van der Waals surface area contributed by atoms with Gasteiger partial charge in [0.05, 0.1) is 0 Å². The molecule has 10 rings (SSSR count). The van der Waals surface area contributed by atoms with Crippen molar-refractivity contribution in [3.05, 3.63) is 249 Å². The Morgan fingerprint density at radius 3 is 0.955 bits per heavy atom. The Balaban J connectivity index is 1.25. The second-order valence-corrected chi connectivity index (χ2v) is 51.1. The van der Waals surface area contributed by atoms with Crippen LogP contribution in [0.4, 0.5) is 0 Å². The quantitative estimate of drug-likeness (QED) is 0.107. The van der Waals surface area contributed by atoms with Crippen LogP contribution in [0.15, 0.2) is 193 Å². The molecule has 66 heavy (non-hydrogen) atoms. The standard InChI is InChI=1S/2C31H27.2CH3.H2Si.Zr/c2*1-22-8-14-26(15-9-22)28-18-19-29(27-16-10-23(2)11-17-27)31-21-25(20-30(28)31)13-12-24-6-4-3-5-7-24;;;;/h2*3-11,14-21H,12-13H2,1-2H3;2*1H3;1H2;. The fourth-order valence-electron chi connectivity index (χ4n) is 11.7. The van der Waals surface area contributed by atoms with E-state index in [0.717, 1.165) is 25.7 Å². The molecule has 2 unspecified atom stereocenters. The van der Waals surface area contributed by atoms with Crippen molar-refractivity contribution in [2.45, 2.75) is 69.9 Å². The van der Waals surface area contributed by atoms with E-state index in [4.69, 9.17) is 0 Å². The van der Waals surface area contributed by atoms with E-state index < -0.39 is 17.4 Å². The summed E-state index contributed by atoms with van der Waals surface area (Å²) in [4.78, 5) is 0. The molecule has 2 aliphatic rings. The van der Waals surface area contributed by atoms with E-state index in [1.165, 1.54) is 89.0 Å². The van der Waals surface area contributed by atoms with E-state index in [9.17, 15) is 0 Å². The second kappa shape index (κ2) is 17.9. The van der Waals surface area contributed by atoms with Crippen molar-refractivity contribution in [3.63, 3.8) is 0 Å². The van der Waals surface area contributed by atoms with Gasteiger partial charge >= 0.3 is 400 Å². The van der Waals surface area contributed by atoms with Gasteiger partial charge in [-0.1, -0.05) is 0 Å². The summed E-state index contributed by atoms with van der Waals surface area (Å²) in [5.74, 6) is 0. The Hall–Kier alpha value is -5.66. The Morgan fingerprint density at radius 1 is 0.348 bits per heavy atom. The summed E-state index contributed by atoms with van der Waals surface area (Å²) in [6.07, 6.45) is 9.49. The van der Waals surface area contributed by atoms with Crippen LogP contribution in [0.3, 0.4) is 0 Å². The minimum absolute atomic E-state index is 0.315. The van der Waals surface area contributed by atoms with Crippen LogP contribution < -0.4 is 0 Å². The molecule has 0 bridgehead atoms. The molecular formula is C64H62SiZr. The van der Waals surface area contributed by atoms with Gasteiger partial charge in [0, 0.05) is 0 Å². The van der Waals surface area contributed by atoms with E-state index in [1.54, 1.807) is 22.3 Å². The zero-order chi connectivity index (χ0) is 45.6. The molecule has 0 amide bonds. The van der Waals surface area contributed by atoms with Gasteiger partial charge < -0.3 is 0 Å². The van der Waals surface area contributed by atoms with Crippen LogP contribution in [0, 0.1) is 27.7 Å². The van der Waals surface area contributed by atoms with E-state index in [-0.39, 0.29) is 0 Å². The third-order valence-corrected chi connectivity index (χ3v) is 32.4. The van der Waals surface area contributed by atoms with Gasteiger partial charge in [-0.3, -0.25) is 0 Å². The summed E-state index contributed by atoms with van der Waals surface area (Å²) in [5, 5.41) is 0. The average Bonchev–Trinajstić information content (AvgIpc) is 3.93. The first-order valence-electron chi connectivity index (χ1n) is 24.1. The summed E-state index contributed by atoms with van der Waals surface area (Å²) in [7, 11) is 0. The SMILES string of the molecule is Cc1ccc(-c2ccc(-c3ccc(C)cc3)c3c2C=C(CCc2ccccc2)[CH]3[Zr]([CH3])([CH3])(=[SiH2])[CH]2C(CCc3ccccc3)=Cc3c(-c4ccc(C)cc4)ccc(-c4ccc(C)cc4)c32)cc1. The Kier molecular flexibility index (Phi) is 12.0. The molecule has 0 nitrogen and oxygen atoms in total. The van der Waals surface area contributed by atoms with Crippen molar-refractivity contribution >= 4 is 19.0 Å². The molecule has 0 fully saturated rings. The third-order valence-electron chi connectivity index (χ3n) is 15.0. The molecule has 0 saturated carbocycles. The van der Waals surface area contributed by atoms with Gasteiger partial charge in [0.15, 0.2) is 0 Å². The second-order valence-electron chi connectivity index (χ2n) is 20.7. The van der Waals surface area contributed by atoms with Gasteiger partial charge in [0.2, 0.25) is 0 Å². The van der Waals surface area contributed by atoms with Crippen LogP contribution in [0.1, 0.15) is 75.7 Å². The molecule has 8 aromatic rings. The molecule has 0 heterocycles. The molecule has 8 aromatic carbocycles. The zero-order valence-electron chi connectivity index (χ0n) is 39.7. The van der Waals surface area contributed by atoms with Gasteiger partial charge in [-0.25, -0.2) is 0 Å². The van der Waals surface area contributed by atoms with Crippen LogP contribution in [0.5, 0.6) is 0 Å². The Bertz CT molecular complexity index is 2990. The maximum atomic E-state index is 2.86. The number of fused-ring (bicyclic) bond motifs is 2. The fourth-order valence-corrected chi connectivity index (χ4v) is 31.3. The topological polar surface area (TPSA) is 0 Å². The van der Waals surface area contributed by atoms with Gasteiger partial charge in [0.25, 0.3) is 0 Å². The van der Waals surface area contributed by atoms with Crippen LogP contribution in [0.2, 0.25) is 9.26 Å². The molecule has 2 heteroatoms. The van der Waals surface area contributed by atoms with Crippen molar-refractivity contribution in [1.82, 2.24) is 0 Å². The predicted molar refractivity (Wildman–Crippen MR) is 285 cm³/mol. The summed E-state index contributed by atoms with van der Waals surface area (Å²) in [6.45, 7) is 11.3. The average molecular weight is 951 g/mol. The molecule has 0 saturated heterocycles. The van der Waals surface area contributed by atoms with Crippen molar-refractivity contribution in [1.29, 1.82) is 0 Å². The molecule has 326 valence electrons. The summed E-state index contributed by atoms with van der Waals surface area (Å²) >= 11 is -4.36. The number of aryl methyl sites for hydroxylation is 6. The summed E-state index contributed by atoms with van der Waals surface area (Å²) in [5.41, 5.74) is 27.9. The molecule has 0 spiro atoms. The zero-order valence-corrected chi connectivity index (χ0v) is 43.5. The van der Waals surface area contributed by atoms with Crippen molar-refractivity contribution < 1.29 is 17.4 Å². The fraction of sp³-hybridized carbons (Fsp3) is 0.188. The molecular weight excluding hydrogens is 888 g/mol. The van der Waals surface area contributed by atoms with Gasteiger partial charge in [-0.05, 0) is 0 Å². The maximum absolute atomic E-state index is 4.36. The first kappa shape index (κ1) is 44.2. The van der Waals surface area contributed by atoms with E-state index in [1.807, 2.05) is 0 Å². The summed E-state index contributed by atoms with van der Waals surface area (Å²) in [6, 6.07) is 69.5. The molecule has 0 N–H and O–H groups in total. The molecule has 0 radical (unpaired) electrons.